The van der Waals surface area contributed by atoms with E-state index in [9.17, 15) is 39.0 Å². The number of aliphatic carboxylic acids is 2. The molecule has 39 heavy (non-hydrogen) atoms. The van der Waals surface area contributed by atoms with Gasteiger partial charge in [-0.15, -0.1) is 0 Å². The maximum Gasteiger partial charge on any atom is 0.330 e. The second-order valence-corrected chi connectivity index (χ2v) is 8.65. The molecular weight excluding hydrogens is 512 g/mol. The van der Waals surface area contributed by atoms with Gasteiger partial charge < -0.3 is 31.9 Å². The van der Waals surface area contributed by atoms with Crippen LogP contribution in [0.1, 0.15) is 29.2 Å². The number of amidine groups is 1. The zero-order valence-electron chi connectivity index (χ0n) is 20.4. The minimum atomic E-state index is -1.68. The van der Waals surface area contributed by atoms with Crippen LogP contribution in [-0.4, -0.2) is 75.3 Å². The molecule has 2 aromatic rings. The Bertz CT molecular complexity index is 1300. The molecule has 1 unspecified atom stereocenters. The minimum absolute atomic E-state index is 0.0982. The highest BCUT2D eigenvalue weighted by atomic mass is 16.4. The standard InChI is InChI=1S/C25H26N6O8/c26-21(27)15-8-6-13(7-9-15)10-17-23(36)31(25(39)29-17)12-18(32)28-16(11-19(33)34)22(35)30-20(24(37)38)14-4-2-1-3-5-14/h1-9,16-17,20H,10-12H2,(H3,26,27)(H,28,32)(H,29,39)(H,30,35)(H,33,34)(H,37,38)/t16-,17?,20-/m0/s1. The molecule has 1 saturated heterocycles. The van der Waals surface area contributed by atoms with Crippen molar-refractivity contribution in [2.45, 2.75) is 31.0 Å². The zero-order valence-corrected chi connectivity index (χ0v) is 20.4. The van der Waals surface area contributed by atoms with Crippen molar-refractivity contribution >= 4 is 41.5 Å². The monoisotopic (exact) mass is 538 g/mol. The van der Waals surface area contributed by atoms with Gasteiger partial charge in [-0.05, 0) is 11.1 Å². The average Bonchev–Trinajstić information content (AvgIpc) is 3.14. The van der Waals surface area contributed by atoms with Gasteiger partial charge in [0, 0.05) is 12.0 Å². The third-order valence-corrected chi connectivity index (χ3v) is 5.81. The number of nitrogen functional groups attached to an aromatic ring is 1. The van der Waals surface area contributed by atoms with Crippen LogP contribution in [0.3, 0.4) is 0 Å². The summed E-state index contributed by atoms with van der Waals surface area (Å²) in [4.78, 5) is 74.2. The molecule has 0 bridgehead atoms. The Morgan fingerprint density at radius 1 is 1.00 bits per heavy atom. The third kappa shape index (κ3) is 7.38. The van der Waals surface area contributed by atoms with E-state index in [1.54, 1.807) is 42.5 Å². The van der Waals surface area contributed by atoms with Gasteiger partial charge in [-0.1, -0.05) is 54.6 Å². The Kier molecular flexibility index (Phi) is 8.94. The fourth-order valence-electron chi connectivity index (χ4n) is 3.86. The van der Waals surface area contributed by atoms with Gasteiger partial charge in [-0.25, -0.2) is 9.59 Å². The normalized spacial score (nSPS) is 16.1. The first kappa shape index (κ1) is 28.3. The molecule has 1 fully saturated rings. The van der Waals surface area contributed by atoms with Gasteiger partial charge >= 0.3 is 18.0 Å². The predicted molar refractivity (Wildman–Crippen MR) is 134 cm³/mol. The largest absolute Gasteiger partial charge is 0.481 e. The van der Waals surface area contributed by atoms with Crippen LogP contribution in [-0.2, 0) is 30.4 Å². The molecule has 204 valence electrons. The molecule has 14 nitrogen and oxygen atoms in total. The maximum absolute atomic E-state index is 12.8. The van der Waals surface area contributed by atoms with Crippen LogP contribution in [0.5, 0.6) is 0 Å². The summed E-state index contributed by atoms with van der Waals surface area (Å²) < 4.78 is 0. The van der Waals surface area contributed by atoms with Gasteiger partial charge in [-0.3, -0.25) is 29.5 Å². The van der Waals surface area contributed by atoms with Crippen LogP contribution in [0, 0.1) is 5.41 Å². The molecule has 0 spiro atoms. The molecule has 1 heterocycles. The lowest BCUT2D eigenvalue weighted by molar-refractivity contribution is -0.143. The van der Waals surface area contributed by atoms with E-state index in [4.69, 9.17) is 11.1 Å². The summed E-state index contributed by atoms with van der Waals surface area (Å²) in [6.45, 7) is -0.797. The molecule has 8 N–H and O–H groups in total. The van der Waals surface area contributed by atoms with Gasteiger partial charge in [0.05, 0.1) is 6.42 Å². The van der Waals surface area contributed by atoms with Crippen molar-refractivity contribution in [3.63, 3.8) is 0 Å². The number of nitrogens with zero attached hydrogens (tertiary/aromatic N) is 1. The van der Waals surface area contributed by atoms with Crippen LogP contribution in [0.4, 0.5) is 4.79 Å². The number of carboxylic acids is 2. The number of carboxylic acid groups (broad SMARTS) is 2. The van der Waals surface area contributed by atoms with Gasteiger partial charge in [0.15, 0.2) is 6.04 Å². The van der Waals surface area contributed by atoms with Crippen molar-refractivity contribution in [2.75, 3.05) is 6.54 Å². The van der Waals surface area contributed by atoms with E-state index in [0.29, 0.717) is 16.0 Å². The van der Waals surface area contributed by atoms with Crippen LogP contribution in [0.2, 0.25) is 0 Å². The van der Waals surface area contributed by atoms with Crippen molar-refractivity contribution in [3.05, 3.63) is 71.3 Å². The molecule has 14 heteroatoms. The van der Waals surface area contributed by atoms with E-state index in [1.807, 2.05) is 0 Å². The van der Waals surface area contributed by atoms with E-state index in [1.165, 1.54) is 12.1 Å². The molecular formula is C25H26N6O8. The number of carbonyl (C=O) groups is 6. The predicted octanol–water partition coefficient (Wildman–Crippen LogP) is -0.665. The molecule has 0 aliphatic carbocycles. The summed E-state index contributed by atoms with van der Waals surface area (Å²) in [5, 5.41) is 33.0. The zero-order chi connectivity index (χ0) is 28.7. The van der Waals surface area contributed by atoms with Crippen molar-refractivity contribution in [3.8, 4) is 0 Å². The van der Waals surface area contributed by atoms with Crippen LogP contribution < -0.4 is 21.7 Å². The van der Waals surface area contributed by atoms with Crippen molar-refractivity contribution in [2.24, 2.45) is 5.73 Å². The Hall–Kier alpha value is -5.27. The first-order valence-corrected chi connectivity index (χ1v) is 11.6. The number of hydrogen-bond donors (Lipinski definition) is 7. The molecule has 3 rings (SSSR count). The number of hydrogen-bond acceptors (Lipinski definition) is 7. The first-order valence-electron chi connectivity index (χ1n) is 11.6. The smallest absolute Gasteiger partial charge is 0.330 e. The lowest BCUT2D eigenvalue weighted by Crippen LogP contribution is -2.52. The highest BCUT2D eigenvalue weighted by Gasteiger charge is 2.39. The number of urea groups is 1. The molecule has 5 amide bonds. The van der Waals surface area contributed by atoms with Crippen molar-refractivity contribution < 1.29 is 39.0 Å². The molecule has 0 aromatic heterocycles. The summed E-state index contributed by atoms with van der Waals surface area (Å²) in [6, 6.07) is 9.09. The number of benzene rings is 2. The summed E-state index contributed by atoms with van der Waals surface area (Å²) in [6.07, 6.45) is -0.779. The average molecular weight is 539 g/mol. The fraction of sp³-hybridized carbons (Fsp3) is 0.240. The lowest BCUT2D eigenvalue weighted by atomic mass is 10.0. The summed E-state index contributed by atoms with van der Waals surface area (Å²) in [7, 11) is 0. The highest BCUT2D eigenvalue weighted by Crippen LogP contribution is 2.15. The fourth-order valence-corrected chi connectivity index (χ4v) is 3.86. The Morgan fingerprint density at radius 2 is 1.64 bits per heavy atom. The van der Waals surface area contributed by atoms with Crippen molar-refractivity contribution in [1.82, 2.24) is 20.9 Å². The maximum atomic E-state index is 12.8. The van der Waals surface area contributed by atoms with Gasteiger partial charge in [0.25, 0.3) is 5.91 Å². The summed E-state index contributed by atoms with van der Waals surface area (Å²) in [5.74, 6) is -5.77. The molecule has 0 radical (unpaired) electrons. The topological polar surface area (TPSA) is 232 Å². The quantitative estimate of drug-likeness (QED) is 0.103. The summed E-state index contributed by atoms with van der Waals surface area (Å²) in [5.41, 5.74) is 6.79. The summed E-state index contributed by atoms with van der Waals surface area (Å²) >= 11 is 0. The Morgan fingerprint density at radius 3 is 2.21 bits per heavy atom. The number of rotatable bonds is 12. The van der Waals surface area contributed by atoms with Gasteiger partial charge in [-0.2, -0.15) is 0 Å². The molecule has 2 aromatic carbocycles. The Balaban J connectivity index is 1.64. The highest BCUT2D eigenvalue weighted by molar-refractivity contribution is 6.07. The SMILES string of the molecule is N=C(N)c1ccc(CC2NC(=O)N(CC(=O)N[C@@H](CC(=O)O)C(=O)N[C@H](C(=O)O)c3ccccc3)C2=O)cc1. The molecule has 1 aliphatic heterocycles. The van der Waals surface area contributed by atoms with E-state index in [-0.39, 0.29) is 17.8 Å². The van der Waals surface area contributed by atoms with Gasteiger partial charge in [0.1, 0.15) is 24.5 Å². The van der Waals surface area contributed by atoms with Crippen LogP contribution in [0.15, 0.2) is 54.6 Å². The van der Waals surface area contributed by atoms with E-state index in [0.717, 1.165) is 0 Å². The second-order valence-electron chi connectivity index (χ2n) is 8.65. The number of nitrogens with two attached hydrogens (primary N) is 1. The number of imide groups is 1. The minimum Gasteiger partial charge on any atom is -0.481 e. The number of carbonyl (C=O) groups excluding carboxylic acids is 4. The molecule has 0 saturated carbocycles. The lowest BCUT2D eigenvalue weighted by Gasteiger charge is -2.21. The molecule has 3 atom stereocenters. The first-order chi connectivity index (χ1) is 18.5. The van der Waals surface area contributed by atoms with E-state index in [2.05, 4.69) is 16.0 Å². The second kappa shape index (κ2) is 12.3. The van der Waals surface area contributed by atoms with Crippen LogP contribution in [0.25, 0.3) is 0 Å². The number of amides is 5. The third-order valence-electron chi connectivity index (χ3n) is 5.81. The van der Waals surface area contributed by atoms with Crippen LogP contribution >= 0.6 is 0 Å². The van der Waals surface area contributed by atoms with Crippen molar-refractivity contribution in [1.29, 1.82) is 5.41 Å². The Labute approximate surface area is 221 Å². The van der Waals surface area contributed by atoms with E-state index < -0.39 is 66.8 Å². The van der Waals surface area contributed by atoms with Gasteiger partial charge in [0.2, 0.25) is 11.8 Å². The molecule has 1 aliphatic rings. The number of nitrogens with one attached hydrogen (secondary N) is 4. The van der Waals surface area contributed by atoms with E-state index >= 15 is 0 Å².